The Morgan fingerprint density at radius 1 is 1.12 bits per heavy atom. The Hall–Kier alpha value is -2.58. The summed E-state index contributed by atoms with van der Waals surface area (Å²) in [5, 5.41) is 19.0. The zero-order valence-corrected chi connectivity index (χ0v) is 13.8. The second-order valence-corrected chi connectivity index (χ2v) is 5.87. The maximum absolute atomic E-state index is 12.3. The summed E-state index contributed by atoms with van der Waals surface area (Å²) in [7, 11) is 2.16. The van der Waals surface area contributed by atoms with Crippen LogP contribution in [0.2, 0.25) is 0 Å². The van der Waals surface area contributed by atoms with Gasteiger partial charge < -0.3 is 24.4 Å². The molecule has 0 fully saturated rings. The highest BCUT2D eigenvalue weighted by Crippen LogP contribution is 2.50. The van der Waals surface area contributed by atoms with Crippen LogP contribution in [0.4, 0.5) is 4.79 Å². The number of ether oxygens (including phenoxy) is 3. The van der Waals surface area contributed by atoms with Crippen LogP contribution in [0.1, 0.15) is 20.3 Å². The van der Waals surface area contributed by atoms with Crippen molar-refractivity contribution in [2.75, 3.05) is 14.2 Å². The SMILES string of the molecule is COC(=O)OC1C=CCC(C)(C(=O)OC)C1C(C)(C(=O)O)C(=O)O. The zero-order chi connectivity index (χ0) is 18.7. The number of carboxylic acid groups (broad SMARTS) is 2. The fourth-order valence-corrected chi connectivity index (χ4v) is 3.08. The van der Waals surface area contributed by atoms with Crippen LogP contribution < -0.4 is 0 Å². The summed E-state index contributed by atoms with van der Waals surface area (Å²) in [5.41, 5.74) is -3.94. The highest BCUT2D eigenvalue weighted by molar-refractivity contribution is 5.99. The maximum atomic E-state index is 12.3. The molecule has 1 aliphatic carbocycles. The Morgan fingerprint density at radius 2 is 1.67 bits per heavy atom. The van der Waals surface area contributed by atoms with E-state index in [0.29, 0.717) is 0 Å². The third-order valence-corrected chi connectivity index (χ3v) is 4.44. The van der Waals surface area contributed by atoms with Gasteiger partial charge in [0.2, 0.25) is 0 Å². The molecule has 0 amide bonds. The van der Waals surface area contributed by atoms with E-state index in [1.54, 1.807) is 0 Å². The van der Waals surface area contributed by atoms with Gasteiger partial charge >= 0.3 is 24.1 Å². The predicted molar refractivity (Wildman–Crippen MR) is 78.0 cm³/mol. The molecule has 3 atom stereocenters. The minimum Gasteiger partial charge on any atom is -0.480 e. The number of aliphatic carboxylic acids is 2. The fourth-order valence-electron chi connectivity index (χ4n) is 3.08. The maximum Gasteiger partial charge on any atom is 0.508 e. The largest absolute Gasteiger partial charge is 0.508 e. The van der Waals surface area contributed by atoms with Crippen LogP contribution in [0, 0.1) is 16.7 Å². The third-order valence-electron chi connectivity index (χ3n) is 4.44. The van der Waals surface area contributed by atoms with E-state index in [1.165, 1.54) is 19.1 Å². The molecule has 0 aromatic rings. The van der Waals surface area contributed by atoms with E-state index in [1.807, 2.05) is 0 Å². The van der Waals surface area contributed by atoms with Crippen molar-refractivity contribution in [3.63, 3.8) is 0 Å². The molecule has 134 valence electrons. The number of allylic oxidation sites excluding steroid dienone is 1. The van der Waals surface area contributed by atoms with Gasteiger partial charge in [0.15, 0.2) is 5.41 Å². The molecule has 1 rings (SSSR count). The van der Waals surface area contributed by atoms with Crippen LogP contribution in [0.5, 0.6) is 0 Å². The first-order valence-corrected chi connectivity index (χ1v) is 7.02. The Labute approximate surface area is 138 Å². The second kappa shape index (κ2) is 6.90. The second-order valence-electron chi connectivity index (χ2n) is 5.87. The topological polar surface area (TPSA) is 136 Å². The summed E-state index contributed by atoms with van der Waals surface area (Å²) in [6.45, 7) is 2.35. The molecule has 1 aliphatic rings. The highest BCUT2D eigenvalue weighted by atomic mass is 16.7. The van der Waals surface area contributed by atoms with Crippen LogP contribution in [0.25, 0.3) is 0 Å². The molecule has 0 bridgehead atoms. The lowest BCUT2D eigenvalue weighted by Gasteiger charge is -2.45. The van der Waals surface area contributed by atoms with Crippen LogP contribution in [-0.2, 0) is 28.6 Å². The number of carboxylic acids is 2. The van der Waals surface area contributed by atoms with E-state index in [-0.39, 0.29) is 6.42 Å². The summed E-state index contributed by atoms with van der Waals surface area (Å²) < 4.78 is 14.1. The average Bonchev–Trinajstić information content (AvgIpc) is 2.52. The van der Waals surface area contributed by atoms with Gasteiger partial charge in [-0.2, -0.15) is 0 Å². The number of hydrogen-bond acceptors (Lipinski definition) is 7. The van der Waals surface area contributed by atoms with Gasteiger partial charge in [-0.05, 0) is 26.3 Å². The average molecular weight is 344 g/mol. The summed E-state index contributed by atoms with van der Waals surface area (Å²) >= 11 is 0. The quantitative estimate of drug-likeness (QED) is 0.426. The van der Waals surface area contributed by atoms with Crippen molar-refractivity contribution in [1.82, 2.24) is 0 Å². The van der Waals surface area contributed by atoms with E-state index in [9.17, 15) is 29.4 Å². The van der Waals surface area contributed by atoms with Gasteiger partial charge in [0, 0.05) is 5.92 Å². The first-order valence-electron chi connectivity index (χ1n) is 7.02. The van der Waals surface area contributed by atoms with Gasteiger partial charge in [0.1, 0.15) is 6.10 Å². The van der Waals surface area contributed by atoms with Crippen LogP contribution >= 0.6 is 0 Å². The van der Waals surface area contributed by atoms with E-state index in [4.69, 9.17) is 9.47 Å². The first kappa shape index (κ1) is 19.5. The van der Waals surface area contributed by atoms with Gasteiger partial charge in [-0.25, -0.2) is 4.79 Å². The fraction of sp³-hybridized carbons (Fsp3) is 0.600. The minimum atomic E-state index is -2.41. The molecule has 3 unspecified atom stereocenters. The lowest BCUT2D eigenvalue weighted by atomic mass is 9.57. The van der Waals surface area contributed by atoms with Crippen molar-refractivity contribution in [2.45, 2.75) is 26.4 Å². The number of methoxy groups -OCH3 is 2. The van der Waals surface area contributed by atoms with Crippen molar-refractivity contribution in [3.05, 3.63) is 12.2 Å². The Morgan fingerprint density at radius 3 is 2.08 bits per heavy atom. The van der Waals surface area contributed by atoms with Gasteiger partial charge in [-0.1, -0.05) is 6.08 Å². The van der Waals surface area contributed by atoms with Crippen molar-refractivity contribution in [1.29, 1.82) is 0 Å². The molecule has 0 aromatic carbocycles. The molecule has 0 saturated heterocycles. The standard InChI is InChI=1S/C15H20O9/c1-14(12(20)22-3)7-5-6-8(24-13(21)23-4)9(14)15(2,10(16)17)11(18)19/h5-6,8-9H,7H2,1-4H3,(H,16,17)(H,18,19). The van der Waals surface area contributed by atoms with Crippen molar-refractivity contribution < 1.29 is 43.6 Å². The lowest BCUT2D eigenvalue weighted by Crippen LogP contribution is -2.58. The Kier molecular flexibility index (Phi) is 5.59. The van der Waals surface area contributed by atoms with Gasteiger partial charge in [-0.3, -0.25) is 14.4 Å². The monoisotopic (exact) mass is 344 g/mol. The van der Waals surface area contributed by atoms with Crippen LogP contribution in [0.15, 0.2) is 12.2 Å². The minimum absolute atomic E-state index is 0.0293. The van der Waals surface area contributed by atoms with Crippen LogP contribution in [-0.4, -0.2) is 54.6 Å². The van der Waals surface area contributed by atoms with Gasteiger partial charge in [0.05, 0.1) is 19.6 Å². The molecule has 2 N–H and O–H groups in total. The molecule has 24 heavy (non-hydrogen) atoms. The normalized spacial score (nSPS) is 26.3. The van der Waals surface area contributed by atoms with E-state index < -0.39 is 46.9 Å². The number of carbonyl (C=O) groups excluding carboxylic acids is 2. The molecule has 0 radical (unpaired) electrons. The van der Waals surface area contributed by atoms with Crippen LogP contribution in [0.3, 0.4) is 0 Å². The summed E-state index contributed by atoms with van der Waals surface area (Å²) in [6.07, 6.45) is 0.456. The molecule has 0 aromatic heterocycles. The number of hydrogen-bond donors (Lipinski definition) is 2. The summed E-state index contributed by atoms with van der Waals surface area (Å²) in [6, 6.07) is 0. The highest BCUT2D eigenvalue weighted by Gasteiger charge is 2.63. The molecule has 0 heterocycles. The van der Waals surface area contributed by atoms with Crippen molar-refractivity contribution >= 4 is 24.1 Å². The number of carbonyl (C=O) groups is 4. The molecule has 0 saturated carbocycles. The molecule has 9 nitrogen and oxygen atoms in total. The number of rotatable bonds is 5. The third kappa shape index (κ3) is 3.06. The van der Waals surface area contributed by atoms with E-state index in [0.717, 1.165) is 21.1 Å². The van der Waals surface area contributed by atoms with E-state index in [2.05, 4.69) is 4.74 Å². The Balaban J connectivity index is 3.56. The molecule has 0 aliphatic heterocycles. The lowest BCUT2D eigenvalue weighted by molar-refractivity contribution is -0.184. The van der Waals surface area contributed by atoms with Gasteiger partial charge in [-0.15, -0.1) is 0 Å². The molecule has 9 heteroatoms. The Bertz CT molecular complexity index is 565. The van der Waals surface area contributed by atoms with Crippen molar-refractivity contribution in [2.24, 2.45) is 16.7 Å². The predicted octanol–water partition coefficient (Wildman–Crippen LogP) is 1.07. The first-order chi connectivity index (χ1) is 11.0. The zero-order valence-electron chi connectivity index (χ0n) is 13.8. The van der Waals surface area contributed by atoms with Gasteiger partial charge in [0.25, 0.3) is 0 Å². The van der Waals surface area contributed by atoms with Crippen molar-refractivity contribution in [3.8, 4) is 0 Å². The molecular formula is C15H20O9. The smallest absolute Gasteiger partial charge is 0.480 e. The summed E-state index contributed by atoms with van der Waals surface area (Å²) in [5.74, 6) is -5.55. The molecular weight excluding hydrogens is 324 g/mol. The summed E-state index contributed by atoms with van der Waals surface area (Å²) in [4.78, 5) is 47.2. The van der Waals surface area contributed by atoms with E-state index >= 15 is 0 Å². The number of esters is 1. The molecule has 0 spiro atoms.